The van der Waals surface area contributed by atoms with Gasteiger partial charge in [-0.1, -0.05) is 24.3 Å². The zero-order chi connectivity index (χ0) is 8.84. The lowest BCUT2D eigenvalue weighted by molar-refractivity contribution is -0.000237. The monoisotopic (exact) mass is 174 g/mol. The topological polar surface area (TPSA) is 20.2 Å². The molecule has 0 aliphatic heterocycles. The molecule has 1 saturated carbocycles. The summed E-state index contributed by atoms with van der Waals surface area (Å²) < 4.78 is 0. The fourth-order valence-corrected chi connectivity index (χ4v) is 2.79. The molecule has 1 N–H and O–H groups in total. The molecule has 0 amide bonds. The van der Waals surface area contributed by atoms with Crippen LogP contribution in [0.4, 0.5) is 0 Å². The van der Waals surface area contributed by atoms with Gasteiger partial charge in [-0.2, -0.15) is 0 Å². The van der Waals surface area contributed by atoms with E-state index < -0.39 is 0 Å². The van der Waals surface area contributed by atoms with Crippen LogP contribution in [0.2, 0.25) is 0 Å². The highest BCUT2D eigenvalue weighted by Gasteiger charge is 2.41. The largest absolute Gasteiger partial charge is 0.388 e. The number of hydrogen-bond acceptors (Lipinski definition) is 1. The van der Waals surface area contributed by atoms with Crippen molar-refractivity contribution in [2.24, 2.45) is 11.8 Å². The van der Waals surface area contributed by atoms with E-state index >= 15 is 0 Å². The Labute approximate surface area is 78.4 Å². The highest BCUT2D eigenvalue weighted by Crippen LogP contribution is 2.49. The van der Waals surface area contributed by atoms with Gasteiger partial charge in [-0.05, 0) is 42.2 Å². The minimum absolute atomic E-state index is 0.177. The van der Waals surface area contributed by atoms with Crippen molar-refractivity contribution in [2.75, 3.05) is 0 Å². The molecule has 0 spiro atoms. The molecule has 3 unspecified atom stereocenters. The minimum Gasteiger partial charge on any atom is -0.388 e. The van der Waals surface area contributed by atoms with Gasteiger partial charge in [0.2, 0.25) is 0 Å². The summed E-state index contributed by atoms with van der Waals surface area (Å²) in [5.41, 5.74) is 2.56. The van der Waals surface area contributed by atoms with Crippen LogP contribution in [0.5, 0.6) is 0 Å². The maximum absolute atomic E-state index is 10.1. The van der Waals surface area contributed by atoms with Gasteiger partial charge in [-0.15, -0.1) is 0 Å². The van der Waals surface area contributed by atoms with Crippen LogP contribution in [-0.2, 0) is 6.42 Å². The van der Waals surface area contributed by atoms with Crippen LogP contribution in [0.3, 0.4) is 0 Å². The van der Waals surface area contributed by atoms with Gasteiger partial charge in [0.1, 0.15) is 0 Å². The molecule has 1 aromatic carbocycles. The van der Waals surface area contributed by atoms with Crippen LogP contribution in [-0.4, -0.2) is 5.11 Å². The van der Waals surface area contributed by atoms with Crippen molar-refractivity contribution in [3.63, 3.8) is 0 Å². The highest BCUT2D eigenvalue weighted by molar-refractivity contribution is 5.33. The van der Waals surface area contributed by atoms with Gasteiger partial charge in [-0.25, -0.2) is 0 Å². The van der Waals surface area contributed by atoms with Crippen LogP contribution in [0, 0.1) is 11.8 Å². The molecule has 0 aromatic heterocycles. The van der Waals surface area contributed by atoms with Crippen molar-refractivity contribution in [1.29, 1.82) is 0 Å². The van der Waals surface area contributed by atoms with Crippen molar-refractivity contribution < 1.29 is 5.11 Å². The first-order chi connectivity index (χ1) is 6.36. The quantitative estimate of drug-likeness (QED) is 0.640. The molecule has 1 heteroatoms. The lowest BCUT2D eigenvalue weighted by Gasteiger charge is -2.44. The summed E-state index contributed by atoms with van der Waals surface area (Å²) in [5, 5.41) is 10.1. The van der Waals surface area contributed by atoms with E-state index in [9.17, 15) is 5.11 Å². The van der Waals surface area contributed by atoms with E-state index in [1.807, 2.05) is 6.07 Å². The van der Waals surface area contributed by atoms with Gasteiger partial charge in [0.25, 0.3) is 0 Å². The zero-order valence-electron chi connectivity index (χ0n) is 7.61. The molecule has 1 aromatic rings. The predicted octanol–water partition coefficient (Wildman–Crippen LogP) is 2.30. The zero-order valence-corrected chi connectivity index (χ0v) is 7.61. The van der Waals surface area contributed by atoms with E-state index in [0.29, 0.717) is 5.92 Å². The Balaban J connectivity index is 2.06. The maximum atomic E-state index is 10.1. The number of aliphatic hydroxyl groups is 1. The molecule has 0 radical (unpaired) electrons. The molecule has 2 aliphatic carbocycles. The maximum Gasteiger partial charge on any atom is 0.0823 e. The van der Waals surface area contributed by atoms with Gasteiger partial charge in [0.05, 0.1) is 6.10 Å². The van der Waals surface area contributed by atoms with Crippen molar-refractivity contribution in [3.05, 3.63) is 35.4 Å². The van der Waals surface area contributed by atoms with Crippen molar-refractivity contribution in [2.45, 2.75) is 25.4 Å². The van der Waals surface area contributed by atoms with Crippen molar-refractivity contribution in [1.82, 2.24) is 0 Å². The molecule has 1 nitrogen and oxygen atoms in total. The SMILES string of the molecule is OC1c2ccccc2CC2CCC21. The summed E-state index contributed by atoms with van der Waals surface area (Å²) in [7, 11) is 0. The second-order valence-corrected chi connectivity index (χ2v) is 4.35. The third kappa shape index (κ3) is 0.969. The van der Waals surface area contributed by atoms with Gasteiger partial charge < -0.3 is 5.11 Å². The van der Waals surface area contributed by atoms with Crippen LogP contribution in [0.25, 0.3) is 0 Å². The molecule has 0 bridgehead atoms. The van der Waals surface area contributed by atoms with E-state index in [2.05, 4.69) is 18.2 Å². The lowest BCUT2D eigenvalue weighted by Crippen LogP contribution is -2.37. The van der Waals surface area contributed by atoms with Gasteiger partial charge in [0, 0.05) is 0 Å². The molecular weight excluding hydrogens is 160 g/mol. The Bertz CT molecular complexity index is 332. The molecule has 2 aliphatic rings. The average Bonchev–Trinajstić information content (AvgIpc) is 2.11. The Hall–Kier alpha value is -0.820. The first-order valence-electron chi connectivity index (χ1n) is 5.12. The van der Waals surface area contributed by atoms with Crippen LogP contribution >= 0.6 is 0 Å². The summed E-state index contributed by atoms with van der Waals surface area (Å²) in [6, 6.07) is 8.34. The number of hydrogen-bond donors (Lipinski definition) is 1. The number of benzene rings is 1. The molecule has 0 heterocycles. The standard InChI is InChI=1S/C12H14O/c13-12-10-4-2-1-3-8(10)7-9-5-6-11(9)12/h1-4,9,11-13H,5-7H2. The molecule has 1 fully saturated rings. The van der Waals surface area contributed by atoms with Crippen LogP contribution in [0.1, 0.15) is 30.1 Å². The fraction of sp³-hybridized carbons (Fsp3) is 0.500. The van der Waals surface area contributed by atoms with Crippen molar-refractivity contribution in [3.8, 4) is 0 Å². The molecule has 3 atom stereocenters. The van der Waals surface area contributed by atoms with Gasteiger partial charge >= 0.3 is 0 Å². The Kier molecular flexibility index (Phi) is 1.50. The van der Waals surface area contributed by atoms with E-state index in [0.717, 1.165) is 5.92 Å². The second-order valence-electron chi connectivity index (χ2n) is 4.35. The van der Waals surface area contributed by atoms with Crippen LogP contribution < -0.4 is 0 Å². The minimum atomic E-state index is -0.177. The first-order valence-corrected chi connectivity index (χ1v) is 5.12. The first kappa shape index (κ1) is 7.57. The summed E-state index contributed by atoms with van der Waals surface area (Å²) in [6.45, 7) is 0. The Morgan fingerprint density at radius 1 is 1.15 bits per heavy atom. The normalized spacial score (nSPS) is 35.9. The number of fused-ring (bicyclic) bond motifs is 2. The molecule has 68 valence electrons. The third-order valence-corrected chi connectivity index (χ3v) is 3.74. The van der Waals surface area contributed by atoms with E-state index in [-0.39, 0.29) is 6.10 Å². The van der Waals surface area contributed by atoms with E-state index in [4.69, 9.17) is 0 Å². The summed E-state index contributed by atoms with van der Waals surface area (Å²) in [6.07, 6.45) is 3.55. The van der Waals surface area contributed by atoms with Gasteiger partial charge in [-0.3, -0.25) is 0 Å². The van der Waals surface area contributed by atoms with Crippen molar-refractivity contribution >= 4 is 0 Å². The molecular formula is C12H14O. The molecule has 3 rings (SSSR count). The summed E-state index contributed by atoms with van der Waals surface area (Å²) in [4.78, 5) is 0. The summed E-state index contributed by atoms with van der Waals surface area (Å²) in [5.74, 6) is 1.33. The number of aliphatic hydroxyl groups excluding tert-OH is 1. The highest BCUT2D eigenvalue weighted by atomic mass is 16.3. The smallest absolute Gasteiger partial charge is 0.0823 e. The second kappa shape index (κ2) is 2.58. The van der Waals surface area contributed by atoms with E-state index in [1.54, 1.807) is 0 Å². The molecule has 0 saturated heterocycles. The van der Waals surface area contributed by atoms with E-state index in [1.165, 1.54) is 30.4 Å². The van der Waals surface area contributed by atoms with Crippen LogP contribution in [0.15, 0.2) is 24.3 Å². The third-order valence-electron chi connectivity index (χ3n) is 3.74. The average molecular weight is 174 g/mol. The Morgan fingerprint density at radius 3 is 2.77 bits per heavy atom. The number of rotatable bonds is 0. The predicted molar refractivity (Wildman–Crippen MR) is 51.3 cm³/mol. The summed E-state index contributed by atoms with van der Waals surface area (Å²) >= 11 is 0. The molecule has 13 heavy (non-hydrogen) atoms. The van der Waals surface area contributed by atoms with Gasteiger partial charge in [0.15, 0.2) is 0 Å². The Morgan fingerprint density at radius 2 is 2.00 bits per heavy atom. The fourth-order valence-electron chi connectivity index (χ4n) is 2.79. The lowest BCUT2D eigenvalue weighted by atomic mass is 9.62.